The molecule has 144 valence electrons. The molecule has 0 saturated carbocycles. The zero-order valence-electron chi connectivity index (χ0n) is 15.2. The molecule has 27 heavy (non-hydrogen) atoms. The van der Waals surface area contributed by atoms with Crippen LogP contribution in [0.5, 0.6) is 5.75 Å². The Balaban J connectivity index is 1.48. The van der Waals surface area contributed by atoms with Gasteiger partial charge in [0.15, 0.2) is 0 Å². The van der Waals surface area contributed by atoms with Gasteiger partial charge in [-0.3, -0.25) is 9.59 Å². The van der Waals surface area contributed by atoms with Crippen LogP contribution in [0.15, 0.2) is 35.7 Å². The summed E-state index contributed by atoms with van der Waals surface area (Å²) in [6, 6.07) is 8.33. The van der Waals surface area contributed by atoms with E-state index in [1.807, 2.05) is 12.3 Å². The van der Waals surface area contributed by atoms with Gasteiger partial charge in [0.1, 0.15) is 5.75 Å². The Labute approximate surface area is 162 Å². The standard InChI is InChI=1S/C20H24N2O4S/c1-13-8-10-27-20(13)16-7-9-22(12-17(16)24)19(26)6-5-18(25)21-14-3-2-4-15(23)11-14/h2-4,8,10-11,16-17,23-24H,5-7,9,12H2,1H3,(H,21,25)/t16-,17-/m1/s1. The van der Waals surface area contributed by atoms with Crippen LogP contribution < -0.4 is 5.32 Å². The maximum absolute atomic E-state index is 12.4. The van der Waals surface area contributed by atoms with E-state index in [4.69, 9.17) is 0 Å². The first-order valence-electron chi connectivity index (χ1n) is 9.02. The fourth-order valence-corrected chi connectivity index (χ4v) is 4.54. The number of thiophene rings is 1. The van der Waals surface area contributed by atoms with Crippen molar-refractivity contribution in [3.8, 4) is 5.75 Å². The highest BCUT2D eigenvalue weighted by Gasteiger charge is 2.32. The molecule has 0 aliphatic carbocycles. The van der Waals surface area contributed by atoms with Crippen molar-refractivity contribution >= 4 is 28.8 Å². The van der Waals surface area contributed by atoms with Gasteiger partial charge in [-0.1, -0.05) is 6.07 Å². The second kappa shape index (κ2) is 8.54. The molecular formula is C20H24N2O4S. The van der Waals surface area contributed by atoms with Crippen molar-refractivity contribution in [1.82, 2.24) is 4.90 Å². The first kappa shape index (κ1) is 19.4. The number of β-amino-alcohol motifs (C(OH)–C–C–N with tert-alkyl or cyclic N) is 1. The van der Waals surface area contributed by atoms with E-state index in [0.29, 0.717) is 18.8 Å². The Hall–Kier alpha value is -2.38. The maximum Gasteiger partial charge on any atom is 0.224 e. The van der Waals surface area contributed by atoms with Crippen molar-refractivity contribution in [1.29, 1.82) is 0 Å². The Bertz CT molecular complexity index is 820. The largest absolute Gasteiger partial charge is 0.508 e. The number of carbonyl (C=O) groups excluding carboxylic acids is 2. The molecule has 3 rings (SSSR count). The zero-order chi connectivity index (χ0) is 19.4. The summed E-state index contributed by atoms with van der Waals surface area (Å²) < 4.78 is 0. The minimum atomic E-state index is -0.582. The van der Waals surface area contributed by atoms with Gasteiger partial charge in [-0.05, 0) is 42.5 Å². The molecule has 1 saturated heterocycles. The number of anilines is 1. The predicted molar refractivity (Wildman–Crippen MR) is 105 cm³/mol. The van der Waals surface area contributed by atoms with Gasteiger partial charge in [0.25, 0.3) is 0 Å². The quantitative estimate of drug-likeness (QED) is 0.735. The molecule has 1 aliphatic rings. The first-order chi connectivity index (χ1) is 12.9. The third kappa shape index (κ3) is 4.87. The highest BCUT2D eigenvalue weighted by atomic mass is 32.1. The van der Waals surface area contributed by atoms with Gasteiger partial charge in [-0.15, -0.1) is 11.3 Å². The summed E-state index contributed by atoms with van der Waals surface area (Å²) >= 11 is 1.65. The lowest BCUT2D eigenvalue weighted by atomic mass is 9.90. The molecule has 1 aromatic heterocycles. The average molecular weight is 388 g/mol. The Kier molecular flexibility index (Phi) is 6.13. The van der Waals surface area contributed by atoms with E-state index in [9.17, 15) is 19.8 Å². The van der Waals surface area contributed by atoms with Crippen molar-refractivity contribution in [2.24, 2.45) is 0 Å². The molecule has 3 N–H and O–H groups in total. The van der Waals surface area contributed by atoms with Gasteiger partial charge in [0.2, 0.25) is 11.8 Å². The number of phenols is 1. The summed E-state index contributed by atoms with van der Waals surface area (Å²) in [6.07, 6.45) is 0.305. The molecule has 6 nitrogen and oxygen atoms in total. The fourth-order valence-electron chi connectivity index (χ4n) is 3.41. The van der Waals surface area contributed by atoms with E-state index in [1.165, 1.54) is 22.6 Å². The van der Waals surface area contributed by atoms with Crippen molar-refractivity contribution < 1.29 is 19.8 Å². The van der Waals surface area contributed by atoms with E-state index in [1.54, 1.807) is 28.4 Å². The molecule has 2 atom stereocenters. The second-order valence-corrected chi connectivity index (χ2v) is 7.82. The fraction of sp³-hybridized carbons (Fsp3) is 0.400. The molecular weight excluding hydrogens is 364 g/mol. The highest BCUT2D eigenvalue weighted by Crippen LogP contribution is 2.34. The van der Waals surface area contributed by atoms with Gasteiger partial charge in [0.05, 0.1) is 6.10 Å². The van der Waals surface area contributed by atoms with Crippen molar-refractivity contribution in [3.63, 3.8) is 0 Å². The number of amides is 2. The summed E-state index contributed by atoms with van der Waals surface area (Å²) in [7, 11) is 0. The highest BCUT2D eigenvalue weighted by molar-refractivity contribution is 7.10. The third-order valence-corrected chi connectivity index (χ3v) is 6.02. The molecule has 1 aliphatic heterocycles. The van der Waals surface area contributed by atoms with E-state index in [-0.39, 0.29) is 36.3 Å². The minimum absolute atomic E-state index is 0.0640. The second-order valence-electron chi connectivity index (χ2n) is 6.87. The first-order valence-corrected chi connectivity index (χ1v) is 9.90. The number of piperidine rings is 1. The van der Waals surface area contributed by atoms with Crippen LogP contribution in [0.2, 0.25) is 0 Å². The molecule has 1 aromatic carbocycles. The van der Waals surface area contributed by atoms with E-state index >= 15 is 0 Å². The zero-order valence-corrected chi connectivity index (χ0v) is 16.0. The van der Waals surface area contributed by atoms with Gasteiger partial charge < -0.3 is 20.4 Å². The Morgan fingerprint density at radius 3 is 2.78 bits per heavy atom. The van der Waals surface area contributed by atoms with Crippen LogP contribution in [0.1, 0.15) is 35.6 Å². The number of benzene rings is 1. The van der Waals surface area contributed by atoms with Crippen molar-refractivity contribution in [3.05, 3.63) is 46.2 Å². The number of nitrogens with zero attached hydrogens (tertiary/aromatic N) is 1. The Morgan fingerprint density at radius 1 is 1.30 bits per heavy atom. The monoisotopic (exact) mass is 388 g/mol. The summed E-state index contributed by atoms with van der Waals surface area (Å²) in [5, 5.41) is 24.6. The molecule has 2 amide bonds. The number of hydrogen-bond donors (Lipinski definition) is 3. The lowest BCUT2D eigenvalue weighted by molar-refractivity contribution is -0.136. The topological polar surface area (TPSA) is 89.9 Å². The average Bonchev–Trinajstić information content (AvgIpc) is 3.05. The van der Waals surface area contributed by atoms with Gasteiger partial charge >= 0.3 is 0 Å². The smallest absolute Gasteiger partial charge is 0.224 e. The number of aromatic hydroxyl groups is 1. The number of carbonyl (C=O) groups is 2. The minimum Gasteiger partial charge on any atom is -0.508 e. The molecule has 0 spiro atoms. The van der Waals surface area contributed by atoms with E-state index in [2.05, 4.69) is 11.4 Å². The number of nitrogens with one attached hydrogen (secondary N) is 1. The van der Waals surface area contributed by atoms with Gasteiger partial charge in [-0.25, -0.2) is 0 Å². The summed E-state index contributed by atoms with van der Waals surface area (Å²) in [5.41, 5.74) is 1.68. The van der Waals surface area contributed by atoms with Gasteiger partial charge in [0, 0.05) is 48.5 Å². The molecule has 1 fully saturated rings. The SMILES string of the molecule is Cc1ccsc1[C@@H]1CCN(C(=O)CCC(=O)Nc2cccc(O)c2)C[C@H]1O. The van der Waals surface area contributed by atoms with Gasteiger partial charge in [-0.2, -0.15) is 0 Å². The molecule has 7 heteroatoms. The third-order valence-electron chi connectivity index (χ3n) is 4.87. The van der Waals surface area contributed by atoms with Crippen LogP contribution in [0, 0.1) is 6.92 Å². The number of aliphatic hydroxyl groups is 1. The normalized spacial score (nSPS) is 19.7. The van der Waals surface area contributed by atoms with Crippen LogP contribution in [0.4, 0.5) is 5.69 Å². The number of aliphatic hydroxyl groups excluding tert-OH is 1. The summed E-state index contributed by atoms with van der Waals surface area (Å²) in [5.74, 6) is -0.259. The van der Waals surface area contributed by atoms with Crippen molar-refractivity contribution in [2.75, 3.05) is 18.4 Å². The predicted octanol–water partition coefficient (Wildman–Crippen LogP) is 2.86. The van der Waals surface area contributed by atoms with Crippen molar-refractivity contribution in [2.45, 2.75) is 38.2 Å². The lowest BCUT2D eigenvalue weighted by Crippen LogP contribution is -2.45. The number of likely N-dealkylation sites (tertiary alicyclic amines) is 1. The number of aryl methyl sites for hydroxylation is 1. The van der Waals surface area contributed by atoms with Crippen LogP contribution >= 0.6 is 11.3 Å². The van der Waals surface area contributed by atoms with E-state index in [0.717, 1.165) is 6.42 Å². The molecule has 0 bridgehead atoms. The van der Waals surface area contributed by atoms with Crippen LogP contribution in [-0.2, 0) is 9.59 Å². The summed E-state index contributed by atoms with van der Waals surface area (Å²) in [6.45, 7) is 2.93. The maximum atomic E-state index is 12.4. The number of hydrogen-bond acceptors (Lipinski definition) is 5. The molecule has 0 unspecified atom stereocenters. The van der Waals surface area contributed by atoms with Crippen LogP contribution in [-0.4, -0.2) is 46.1 Å². The van der Waals surface area contributed by atoms with Crippen LogP contribution in [0.25, 0.3) is 0 Å². The number of phenolic OH excluding ortho intramolecular Hbond substituents is 1. The lowest BCUT2D eigenvalue weighted by Gasteiger charge is -2.36. The Morgan fingerprint density at radius 2 is 2.11 bits per heavy atom. The van der Waals surface area contributed by atoms with E-state index < -0.39 is 6.10 Å². The molecule has 0 radical (unpaired) electrons. The number of rotatable bonds is 5. The van der Waals surface area contributed by atoms with Crippen LogP contribution in [0.3, 0.4) is 0 Å². The molecule has 2 aromatic rings. The summed E-state index contributed by atoms with van der Waals surface area (Å²) in [4.78, 5) is 27.3. The molecule has 2 heterocycles.